The molecule has 1 aliphatic heterocycles. The van der Waals surface area contributed by atoms with Crippen LogP contribution >= 0.6 is 11.6 Å². The van der Waals surface area contributed by atoms with Gasteiger partial charge in [0.05, 0.1) is 6.04 Å². The van der Waals surface area contributed by atoms with Crippen molar-refractivity contribution in [3.05, 3.63) is 28.8 Å². The van der Waals surface area contributed by atoms with Crippen LogP contribution in [0.15, 0.2) is 18.2 Å². The number of halogens is 1. The molecule has 0 aliphatic carbocycles. The quantitative estimate of drug-likeness (QED) is 0.855. The fraction of sp³-hybridized carbons (Fsp3) is 0.417. The lowest BCUT2D eigenvalue weighted by Crippen LogP contribution is -2.31. The molecule has 92 valence electrons. The average Bonchev–Trinajstić information content (AvgIpc) is 2.73. The molecule has 0 bridgehead atoms. The molecule has 4 nitrogen and oxygen atoms in total. The highest BCUT2D eigenvalue weighted by atomic mass is 35.5. The van der Waals surface area contributed by atoms with Gasteiger partial charge in [-0.1, -0.05) is 11.6 Å². The van der Waals surface area contributed by atoms with Gasteiger partial charge in [-0.2, -0.15) is 0 Å². The number of hydrogen-bond donors (Lipinski definition) is 2. The van der Waals surface area contributed by atoms with Crippen LogP contribution < -0.4 is 15.8 Å². The fourth-order valence-corrected chi connectivity index (χ4v) is 2.04. The summed E-state index contributed by atoms with van der Waals surface area (Å²) in [4.78, 5) is 11.0. The molecular formula is C12H15ClN2O2. The van der Waals surface area contributed by atoms with Crippen molar-refractivity contribution in [2.75, 3.05) is 6.61 Å². The lowest BCUT2D eigenvalue weighted by molar-refractivity contribution is -0.119. The zero-order valence-corrected chi connectivity index (χ0v) is 10.2. The Labute approximate surface area is 105 Å². The molecule has 3 N–H and O–H groups in total. The third kappa shape index (κ3) is 3.11. The van der Waals surface area contributed by atoms with Crippen molar-refractivity contribution in [2.24, 2.45) is 5.73 Å². The maximum Gasteiger partial charge on any atom is 0.220 e. The molecule has 1 aromatic rings. The second kappa shape index (κ2) is 5.38. The van der Waals surface area contributed by atoms with Crippen molar-refractivity contribution in [3.8, 4) is 5.75 Å². The number of ether oxygens (including phenoxy) is 1. The van der Waals surface area contributed by atoms with Crippen molar-refractivity contribution in [3.63, 3.8) is 0 Å². The Morgan fingerprint density at radius 3 is 3.00 bits per heavy atom. The predicted octanol–water partition coefficient (Wildman–Crippen LogP) is 1.46. The van der Waals surface area contributed by atoms with E-state index >= 15 is 0 Å². The number of rotatable bonds is 4. The molecular weight excluding hydrogens is 240 g/mol. The minimum absolute atomic E-state index is 0.0914. The first-order valence-corrected chi connectivity index (χ1v) is 5.97. The summed E-state index contributed by atoms with van der Waals surface area (Å²) >= 11 is 5.87. The summed E-state index contributed by atoms with van der Waals surface area (Å²) in [5.74, 6) is 0.826. The Hall–Kier alpha value is -1.26. The van der Waals surface area contributed by atoms with E-state index in [1.54, 1.807) is 18.2 Å². The minimum atomic E-state index is 0.0914. The SMILES string of the molecule is NCc1cc(Cl)ccc1OCC1CCC(=O)N1. The Bertz CT molecular complexity index is 423. The van der Waals surface area contributed by atoms with Crippen LogP contribution in [0.25, 0.3) is 0 Å². The van der Waals surface area contributed by atoms with E-state index in [0.29, 0.717) is 24.6 Å². The lowest BCUT2D eigenvalue weighted by Gasteiger charge is -2.14. The van der Waals surface area contributed by atoms with Gasteiger partial charge in [-0.3, -0.25) is 4.79 Å². The van der Waals surface area contributed by atoms with Gasteiger partial charge in [0.15, 0.2) is 0 Å². The number of carbonyl (C=O) groups excluding carboxylic acids is 1. The molecule has 0 aromatic heterocycles. The molecule has 0 radical (unpaired) electrons. The van der Waals surface area contributed by atoms with Crippen molar-refractivity contribution in [1.82, 2.24) is 5.32 Å². The highest BCUT2D eigenvalue weighted by Crippen LogP contribution is 2.23. The summed E-state index contributed by atoms with van der Waals surface area (Å²) in [6.07, 6.45) is 1.41. The van der Waals surface area contributed by atoms with Gasteiger partial charge in [-0.15, -0.1) is 0 Å². The largest absolute Gasteiger partial charge is 0.491 e. The monoisotopic (exact) mass is 254 g/mol. The van der Waals surface area contributed by atoms with E-state index in [1.165, 1.54) is 0 Å². The molecule has 0 spiro atoms. The summed E-state index contributed by atoms with van der Waals surface area (Å²) in [5.41, 5.74) is 6.49. The highest BCUT2D eigenvalue weighted by molar-refractivity contribution is 6.30. The van der Waals surface area contributed by atoms with E-state index in [0.717, 1.165) is 17.7 Å². The van der Waals surface area contributed by atoms with Gasteiger partial charge >= 0.3 is 0 Å². The van der Waals surface area contributed by atoms with Gasteiger partial charge < -0.3 is 15.8 Å². The fourth-order valence-electron chi connectivity index (χ4n) is 1.84. The van der Waals surface area contributed by atoms with E-state index < -0.39 is 0 Å². The standard InChI is InChI=1S/C12H15ClN2O2/c13-9-1-3-11(8(5-9)6-14)17-7-10-2-4-12(16)15-10/h1,3,5,10H,2,4,6-7,14H2,(H,15,16). The molecule has 2 rings (SSSR count). The van der Waals surface area contributed by atoms with Crippen LogP contribution in [-0.2, 0) is 11.3 Å². The summed E-state index contributed by atoms with van der Waals surface area (Å²) in [5, 5.41) is 3.50. The molecule has 1 amide bonds. The van der Waals surface area contributed by atoms with Crippen molar-refractivity contribution >= 4 is 17.5 Å². The molecule has 1 saturated heterocycles. The summed E-state index contributed by atoms with van der Waals surface area (Å²) in [7, 11) is 0. The molecule has 1 aromatic carbocycles. The maximum atomic E-state index is 11.0. The molecule has 1 fully saturated rings. The van der Waals surface area contributed by atoms with Crippen molar-refractivity contribution < 1.29 is 9.53 Å². The molecule has 17 heavy (non-hydrogen) atoms. The molecule has 0 saturated carbocycles. The Kier molecular flexibility index (Phi) is 3.86. The molecule has 1 atom stereocenters. The van der Waals surface area contributed by atoms with E-state index in [1.807, 2.05) is 0 Å². The third-order valence-corrected chi connectivity index (χ3v) is 3.00. The maximum absolute atomic E-state index is 11.0. The number of carbonyl (C=O) groups is 1. The predicted molar refractivity (Wildman–Crippen MR) is 66.0 cm³/mol. The lowest BCUT2D eigenvalue weighted by atomic mass is 10.2. The van der Waals surface area contributed by atoms with E-state index in [4.69, 9.17) is 22.1 Å². The Morgan fingerprint density at radius 2 is 2.35 bits per heavy atom. The first-order valence-electron chi connectivity index (χ1n) is 5.59. The molecule has 1 aliphatic rings. The second-order valence-electron chi connectivity index (χ2n) is 4.07. The van der Waals surface area contributed by atoms with E-state index in [-0.39, 0.29) is 11.9 Å². The average molecular weight is 255 g/mol. The van der Waals surface area contributed by atoms with E-state index in [9.17, 15) is 4.79 Å². The summed E-state index contributed by atoms with van der Waals surface area (Å²) in [6, 6.07) is 5.47. The van der Waals surface area contributed by atoms with Crippen LogP contribution in [0.3, 0.4) is 0 Å². The van der Waals surface area contributed by atoms with Gasteiger partial charge in [0.25, 0.3) is 0 Å². The van der Waals surface area contributed by atoms with Gasteiger partial charge in [0, 0.05) is 23.6 Å². The number of hydrogen-bond acceptors (Lipinski definition) is 3. The first-order chi connectivity index (χ1) is 8.19. The highest BCUT2D eigenvalue weighted by Gasteiger charge is 2.21. The normalized spacial score (nSPS) is 19.2. The van der Waals surface area contributed by atoms with E-state index in [2.05, 4.69) is 5.32 Å². The Morgan fingerprint density at radius 1 is 1.53 bits per heavy atom. The topological polar surface area (TPSA) is 64.3 Å². The van der Waals surface area contributed by atoms with Crippen molar-refractivity contribution in [1.29, 1.82) is 0 Å². The molecule has 1 heterocycles. The number of nitrogens with one attached hydrogen (secondary N) is 1. The van der Waals surface area contributed by atoms with Gasteiger partial charge in [0.1, 0.15) is 12.4 Å². The second-order valence-corrected chi connectivity index (χ2v) is 4.51. The summed E-state index contributed by atoms with van der Waals surface area (Å²) < 4.78 is 5.66. The molecule has 1 unspecified atom stereocenters. The minimum Gasteiger partial charge on any atom is -0.491 e. The zero-order valence-electron chi connectivity index (χ0n) is 9.41. The van der Waals surface area contributed by atoms with Crippen molar-refractivity contribution in [2.45, 2.75) is 25.4 Å². The van der Waals surface area contributed by atoms with Crippen LogP contribution in [0.2, 0.25) is 5.02 Å². The van der Waals surface area contributed by atoms with Crippen LogP contribution in [0, 0.1) is 0 Å². The van der Waals surface area contributed by atoms with Crippen LogP contribution in [0.4, 0.5) is 0 Å². The summed E-state index contributed by atoms with van der Waals surface area (Å²) in [6.45, 7) is 0.854. The van der Waals surface area contributed by atoms with Gasteiger partial charge in [0.2, 0.25) is 5.91 Å². The van der Waals surface area contributed by atoms with Gasteiger partial charge in [-0.05, 0) is 24.6 Å². The van der Waals surface area contributed by atoms with Crippen LogP contribution in [0.1, 0.15) is 18.4 Å². The number of benzene rings is 1. The zero-order chi connectivity index (χ0) is 12.3. The Balaban J connectivity index is 1.96. The van der Waals surface area contributed by atoms with Crippen LogP contribution in [0.5, 0.6) is 5.75 Å². The number of amides is 1. The third-order valence-electron chi connectivity index (χ3n) is 2.77. The van der Waals surface area contributed by atoms with Crippen LogP contribution in [-0.4, -0.2) is 18.6 Å². The van der Waals surface area contributed by atoms with Gasteiger partial charge in [-0.25, -0.2) is 0 Å². The first kappa shape index (κ1) is 12.2. The molecule has 5 heteroatoms. The number of nitrogens with two attached hydrogens (primary N) is 1. The smallest absolute Gasteiger partial charge is 0.220 e.